The van der Waals surface area contributed by atoms with Crippen LogP contribution in [-0.2, 0) is 4.79 Å². The van der Waals surface area contributed by atoms with Crippen molar-refractivity contribution in [3.8, 4) is 0 Å². The van der Waals surface area contributed by atoms with Crippen LogP contribution in [0.4, 0.5) is 11.4 Å². The van der Waals surface area contributed by atoms with Crippen LogP contribution in [0.15, 0.2) is 18.2 Å². The highest BCUT2D eigenvalue weighted by molar-refractivity contribution is 8.00. The molecule has 0 aliphatic carbocycles. The first kappa shape index (κ1) is 13.8. The number of fused-ring (bicyclic) bond motifs is 1. The molecule has 2 aliphatic heterocycles. The molecule has 0 aromatic heterocycles. The highest BCUT2D eigenvalue weighted by Crippen LogP contribution is 2.35. The summed E-state index contributed by atoms with van der Waals surface area (Å²) >= 11 is 2.03. The monoisotopic (exact) mass is 291 g/mol. The van der Waals surface area contributed by atoms with E-state index in [2.05, 4.69) is 40.7 Å². The Morgan fingerprint density at radius 2 is 2.35 bits per heavy atom. The van der Waals surface area contributed by atoms with Crippen LogP contribution in [0.25, 0.3) is 0 Å². The van der Waals surface area contributed by atoms with Gasteiger partial charge < -0.3 is 15.5 Å². The summed E-state index contributed by atoms with van der Waals surface area (Å²) < 4.78 is 0. The number of amides is 1. The molecule has 2 N–H and O–H groups in total. The third-order valence-corrected chi connectivity index (χ3v) is 5.02. The van der Waals surface area contributed by atoms with Crippen molar-refractivity contribution in [3.63, 3.8) is 0 Å². The third-order valence-electron chi connectivity index (χ3n) is 3.88. The molecule has 2 unspecified atom stereocenters. The van der Waals surface area contributed by atoms with Gasteiger partial charge in [-0.2, -0.15) is 11.8 Å². The lowest BCUT2D eigenvalue weighted by Crippen LogP contribution is -2.36. The van der Waals surface area contributed by atoms with Gasteiger partial charge in [-0.3, -0.25) is 4.79 Å². The van der Waals surface area contributed by atoms with Crippen LogP contribution < -0.4 is 15.5 Å². The van der Waals surface area contributed by atoms with Crippen molar-refractivity contribution in [1.82, 2.24) is 5.32 Å². The normalized spacial score (nSPS) is 25.5. The number of nitrogens with one attached hydrogen (secondary N) is 2. The minimum absolute atomic E-state index is 0.0570. The van der Waals surface area contributed by atoms with Crippen LogP contribution in [0.1, 0.15) is 25.5 Å². The minimum atomic E-state index is -0.195. The maximum absolute atomic E-state index is 12.0. The summed E-state index contributed by atoms with van der Waals surface area (Å²) in [5.41, 5.74) is 3.25. The Bertz CT molecular complexity index is 520. The predicted molar refractivity (Wildman–Crippen MR) is 85.6 cm³/mol. The zero-order valence-electron chi connectivity index (χ0n) is 12.0. The summed E-state index contributed by atoms with van der Waals surface area (Å²) in [6.07, 6.45) is 0. The zero-order valence-corrected chi connectivity index (χ0v) is 12.8. The van der Waals surface area contributed by atoms with E-state index in [1.165, 1.54) is 11.4 Å². The van der Waals surface area contributed by atoms with Crippen molar-refractivity contribution in [2.45, 2.75) is 25.1 Å². The van der Waals surface area contributed by atoms with Gasteiger partial charge in [0.25, 0.3) is 0 Å². The Kier molecular flexibility index (Phi) is 3.89. The first-order chi connectivity index (χ1) is 9.69. The molecule has 2 atom stereocenters. The van der Waals surface area contributed by atoms with E-state index in [1.54, 1.807) is 0 Å². The molecule has 1 aromatic carbocycles. The molecule has 5 heteroatoms. The predicted octanol–water partition coefficient (Wildman–Crippen LogP) is 2.23. The van der Waals surface area contributed by atoms with E-state index in [9.17, 15) is 4.79 Å². The Hall–Kier alpha value is -1.20. The average Bonchev–Trinajstić information content (AvgIpc) is 2.75. The molecule has 0 saturated carbocycles. The molecule has 0 bridgehead atoms. The second-order valence-corrected chi connectivity index (χ2v) is 6.93. The largest absolute Gasteiger partial charge is 0.370 e. The van der Waals surface area contributed by atoms with Gasteiger partial charge in [-0.25, -0.2) is 0 Å². The van der Waals surface area contributed by atoms with Gasteiger partial charge in [0, 0.05) is 41.0 Å². The smallest absolute Gasteiger partial charge is 0.246 e. The van der Waals surface area contributed by atoms with E-state index in [4.69, 9.17) is 0 Å². The summed E-state index contributed by atoms with van der Waals surface area (Å²) in [6, 6.07) is 6.15. The van der Waals surface area contributed by atoms with Crippen LogP contribution >= 0.6 is 11.8 Å². The fourth-order valence-corrected chi connectivity index (χ4v) is 3.92. The first-order valence-corrected chi connectivity index (χ1v) is 8.28. The summed E-state index contributed by atoms with van der Waals surface area (Å²) in [6.45, 7) is 7.24. The highest BCUT2D eigenvalue weighted by Gasteiger charge is 2.30. The topological polar surface area (TPSA) is 44.4 Å². The minimum Gasteiger partial charge on any atom is -0.370 e. The van der Waals surface area contributed by atoms with Crippen molar-refractivity contribution in [2.75, 3.05) is 35.6 Å². The molecule has 1 amide bonds. The lowest BCUT2D eigenvalue weighted by atomic mass is 10.1. The maximum atomic E-state index is 12.0. The molecule has 3 rings (SSSR count). The Morgan fingerprint density at radius 1 is 1.50 bits per heavy atom. The second kappa shape index (κ2) is 5.66. The van der Waals surface area contributed by atoms with Crippen molar-refractivity contribution in [2.24, 2.45) is 0 Å². The van der Waals surface area contributed by atoms with Crippen LogP contribution in [-0.4, -0.2) is 36.5 Å². The maximum Gasteiger partial charge on any atom is 0.246 e. The number of benzene rings is 1. The molecule has 2 heterocycles. The van der Waals surface area contributed by atoms with Gasteiger partial charge in [-0.05, 0) is 18.7 Å². The van der Waals surface area contributed by atoms with E-state index in [-0.39, 0.29) is 11.9 Å². The summed E-state index contributed by atoms with van der Waals surface area (Å²) in [5, 5.41) is 6.88. The first-order valence-electron chi connectivity index (χ1n) is 7.23. The zero-order chi connectivity index (χ0) is 14.1. The van der Waals surface area contributed by atoms with Gasteiger partial charge in [-0.1, -0.05) is 19.9 Å². The Labute approximate surface area is 124 Å². The summed E-state index contributed by atoms with van der Waals surface area (Å²) in [5.74, 6) is 1.23. The van der Waals surface area contributed by atoms with Crippen molar-refractivity contribution in [1.29, 1.82) is 0 Å². The number of hydrogen-bond acceptors (Lipinski definition) is 4. The van der Waals surface area contributed by atoms with Crippen molar-refractivity contribution < 1.29 is 4.79 Å². The number of carbonyl (C=O) groups is 1. The number of anilines is 2. The SMILES string of the molecule is CCNC1C(=O)Nc2cc(N3CCSC(C)C3)ccc21. The molecule has 20 heavy (non-hydrogen) atoms. The molecular weight excluding hydrogens is 270 g/mol. The third kappa shape index (κ3) is 2.52. The van der Waals surface area contributed by atoms with Crippen LogP contribution in [0, 0.1) is 0 Å². The standard InChI is InChI=1S/C15H21N3OS/c1-3-16-14-12-5-4-11(8-13(12)17-15(14)19)18-6-7-20-10(2)9-18/h4-5,8,10,14,16H,3,6-7,9H2,1-2H3,(H,17,19). The summed E-state index contributed by atoms with van der Waals surface area (Å²) in [4.78, 5) is 14.4. The van der Waals surface area contributed by atoms with E-state index >= 15 is 0 Å². The van der Waals surface area contributed by atoms with Gasteiger partial charge >= 0.3 is 0 Å². The molecule has 0 spiro atoms. The molecule has 2 aliphatic rings. The number of hydrogen-bond donors (Lipinski definition) is 2. The van der Waals surface area contributed by atoms with E-state index < -0.39 is 0 Å². The number of carbonyl (C=O) groups excluding carboxylic acids is 1. The molecule has 1 saturated heterocycles. The number of nitrogens with zero attached hydrogens (tertiary/aromatic N) is 1. The van der Waals surface area contributed by atoms with Gasteiger partial charge in [0.15, 0.2) is 0 Å². The quantitative estimate of drug-likeness (QED) is 0.896. The van der Waals surface area contributed by atoms with Crippen LogP contribution in [0.5, 0.6) is 0 Å². The van der Waals surface area contributed by atoms with Gasteiger partial charge in [-0.15, -0.1) is 0 Å². The molecule has 1 aromatic rings. The number of thioether (sulfide) groups is 1. The molecule has 1 fully saturated rings. The molecule has 108 valence electrons. The van der Waals surface area contributed by atoms with Gasteiger partial charge in [0.2, 0.25) is 5.91 Å². The lowest BCUT2D eigenvalue weighted by Gasteiger charge is -2.32. The number of rotatable bonds is 3. The highest BCUT2D eigenvalue weighted by atomic mass is 32.2. The summed E-state index contributed by atoms with van der Waals surface area (Å²) in [7, 11) is 0. The lowest BCUT2D eigenvalue weighted by molar-refractivity contribution is -0.117. The average molecular weight is 291 g/mol. The van der Waals surface area contributed by atoms with Crippen molar-refractivity contribution >= 4 is 29.0 Å². The van der Waals surface area contributed by atoms with Crippen molar-refractivity contribution in [3.05, 3.63) is 23.8 Å². The Morgan fingerprint density at radius 3 is 3.10 bits per heavy atom. The van der Waals surface area contributed by atoms with Gasteiger partial charge in [0.05, 0.1) is 0 Å². The molecular formula is C15H21N3OS. The van der Waals surface area contributed by atoms with E-state index in [0.717, 1.165) is 30.9 Å². The van der Waals surface area contributed by atoms with E-state index in [0.29, 0.717) is 5.25 Å². The van der Waals surface area contributed by atoms with E-state index in [1.807, 2.05) is 18.7 Å². The number of likely N-dealkylation sites (N-methyl/N-ethyl adjacent to an activating group) is 1. The molecule has 0 radical (unpaired) electrons. The Balaban J connectivity index is 1.84. The van der Waals surface area contributed by atoms with Crippen LogP contribution in [0.3, 0.4) is 0 Å². The molecule has 4 nitrogen and oxygen atoms in total. The fraction of sp³-hybridized carbons (Fsp3) is 0.533. The second-order valence-electron chi connectivity index (χ2n) is 5.38. The van der Waals surface area contributed by atoms with Gasteiger partial charge in [0.1, 0.15) is 6.04 Å². The fourth-order valence-electron chi connectivity index (χ4n) is 2.91. The van der Waals surface area contributed by atoms with Crippen LogP contribution in [0.2, 0.25) is 0 Å².